The lowest BCUT2D eigenvalue weighted by atomic mass is 9.78. The molecule has 0 aromatic carbocycles. The van der Waals surface area contributed by atoms with Gasteiger partial charge in [-0.05, 0) is 49.8 Å². The molecule has 1 saturated carbocycles. The predicted molar refractivity (Wildman–Crippen MR) is 91.9 cm³/mol. The lowest BCUT2D eigenvalue weighted by Crippen LogP contribution is -2.14. The van der Waals surface area contributed by atoms with Crippen molar-refractivity contribution in [3.63, 3.8) is 0 Å². The van der Waals surface area contributed by atoms with E-state index in [1.165, 1.54) is 55.6 Å². The highest BCUT2D eigenvalue weighted by Crippen LogP contribution is 2.37. The molecule has 0 bridgehead atoms. The fourth-order valence-corrected chi connectivity index (χ4v) is 4.29. The molecule has 2 aromatic rings. The van der Waals surface area contributed by atoms with Crippen LogP contribution in [0.15, 0.2) is 30.5 Å². The molecule has 0 radical (unpaired) electrons. The van der Waals surface area contributed by atoms with Gasteiger partial charge in [0.1, 0.15) is 10.9 Å². The molecule has 114 valence electrons. The van der Waals surface area contributed by atoms with Crippen LogP contribution in [-0.4, -0.2) is 4.98 Å². The fraction of sp³-hybridized carbons (Fsp3) is 0.474. The molecule has 2 aromatic heterocycles. The zero-order valence-electron chi connectivity index (χ0n) is 13.1. The first-order valence-corrected chi connectivity index (χ1v) is 9.08. The topological polar surface area (TPSA) is 36.7 Å². The maximum absolute atomic E-state index is 8.92. The maximum atomic E-state index is 8.92. The van der Waals surface area contributed by atoms with Gasteiger partial charge >= 0.3 is 0 Å². The Bertz CT molecular complexity index is 643. The van der Waals surface area contributed by atoms with Crippen LogP contribution < -0.4 is 0 Å². The minimum absolute atomic E-state index is 0.639. The molecule has 0 atom stereocenters. The molecule has 3 heteroatoms. The van der Waals surface area contributed by atoms with Crippen molar-refractivity contribution in [3.8, 4) is 16.5 Å². The monoisotopic (exact) mass is 310 g/mol. The SMILES string of the molecule is CCC[C@H]1CC[C@H](c2ccc(-c3ccc(C#N)s3)cn2)CC1. The maximum Gasteiger partial charge on any atom is 0.110 e. The molecule has 0 spiro atoms. The van der Waals surface area contributed by atoms with Crippen molar-refractivity contribution >= 4 is 11.3 Å². The van der Waals surface area contributed by atoms with Crippen LogP contribution in [0.1, 0.15) is 61.9 Å². The van der Waals surface area contributed by atoms with Gasteiger partial charge in [-0.1, -0.05) is 25.8 Å². The second-order valence-electron chi connectivity index (χ2n) is 6.25. The van der Waals surface area contributed by atoms with Crippen molar-refractivity contribution in [1.82, 2.24) is 4.98 Å². The molecule has 0 amide bonds. The summed E-state index contributed by atoms with van der Waals surface area (Å²) in [6.45, 7) is 2.29. The Hall–Kier alpha value is -1.66. The summed E-state index contributed by atoms with van der Waals surface area (Å²) >= 11 is 1.53. The minimum Gasteiger partial charge on any atom is -0.260 e. The summed E-state index contributed by atoms with van der Waals surface area (Å²) in [7, 11) is 0. The zero-order chi connectivity index (χ0) is 15.4. The second kappa shape index (κ2) is 7.07. The highest BCUT2D eigenvalue weighted by Gasteiger charge is 2.22. The van der Waals surface area contributed by atoms with Crippen LogP contribution in [0.3, 0.4) is 0 Å². The Balaban J connectivity index is 1.66. The predicted octanol–water partition coefficient (Wildman–Crippen LogP) is 5.76. The summed E-state index contributed by atoms with van der Waals surface area (Å²) in [6.07, 6.45) is 9.97. The highest BCUT2D eigenvalue weighted by molar-refractivity contribution is 7.16. The standard InChI is InChI=1S/C19H22N2S/c1-2-3-14-4-6-15(7-5-14)18-10-8-16(13-21-18)19-11-9-17(12-20)22-19/h8-11,13-15H,2-7H2,1H3/t14-,15-. The minimum atomic E-state index is 0.639. The van der Waals surface area contributed by atoms with Crippen molar-refractivity contribution < 1.29 is 0 Å². The summed E-state index contributed by atoms with van der Waals surface area (Å²) < 4.78 is 0. The summed E-state index contributed by atoms with van der Waals surface area (Å²) in [6, 6.07) is 10.4. The molecule has 1 aliphatic rings. The molecular weight excluding hydrogens is 288 g/mol. The van der Waals surface area contributed by atoms with E-state index in [2.05, 4.69) is 25.1 Å². The Labute approximate surface area is 136 Å². The molecule has 0 unspecified atom stereocenters. The van der Waals surface area contributed by atoms with E-state index in [9.17, 15) is 0 Å². The van der Waals surface area contributed by atoms with Crippen molar-refractivity contribution in [1.29, 1.82) is 5.26 Å². The van der Waals surface area contributed by atoms with Gasteiger partial charge in [-0.15, -0.1) is 11.3 Å². The third kappa shape index (κ3) is 3.39. The zero-order valence-corrected chi connectivity index (χ0v) is 13.9. The number of hydrogen-bond acceptors (Lipinski definition) is 3. The van der Waals surface area contributed by atoms with Crippen molar-refractivity contribution in [2.24, 2.45) is 5.92 Å². The van der Waals surface area contributed by atoms with E-state index in [-0.39, 0.29) is 0 Å². The van der Waals surface area contributed by atoms with Crippen LogP contribution in [0.4, 0.5) is 0 Å². The average Bonchev–Trinajstić information content (AvgIpc) is 3.05. The number of nitrogens with zero attached hydrogens (tertiary/aromatic N) is 2. The fourth-order valence-electron chi connectivity index (χ4n) is 3.50. The average molecular weight is 310 g/mol. The van der Waals surface area contributed by atoms with Gasteiger partial charge in [-0.2, -0.15) is 5.26 Å². The number of thiophene rings is 1. The molecule has 1 aliphatic carbocycles. The van der Waals surface area contributed by atoms with Gasteiger partial charge in [0, 0.05) is 28.2 Å². The highest BCUT2D eigenvalue weighted by atomic mass is 32.1. The number of hydrogen-bond donors (Lipinski definition) is 0. The first-order valence-electron chi connectivity index (χ1n) is 8.26. The van der Waals surface area contributed by atoms with Gasteiger partial charge in [-0.3, -0.25) is 4.98 Å². The molecule has 1 fully saturated rings. The van der Waals surface area contributed by atoms with E-state index in [4.69, 9.17) is 10.2 Å². The number of rotatable bonds is 4. The van der Waals surface area contributed by atoms with E-state index in [0.29, 0.717) is 5.92 Å². The molecule has 0 saturated heterocycles. The number of nitriles is 1. The molecule has 0 aliphatic heterocycles. The van der Waals surface area contributed by atoms with Crippen LogP contribution in [-0.2, 0) is 0 Å². The summed E-state index contributed by atoms with van der Waals surface area (Å²) in [4.78, 5) is 6.59. The van der Waals surface area contributed by atoms with Crippen molar-refractivity contribution in [2.45, 2.75) is 51.4 Å². The lowest BCUT2D eigenvalue weighted by Gasteiger charge is -2.28. The van der Waals surface area contributed by atoms with Gasteiger partial charge in [-0.25, -0.2) is 0 Å². The Morgan fingerprint density at radius 2 is 2.00 bits per heavy atom. The van der Waals surface area contributed by atoms with Crippen LogP contribution in [0, 0.1) is 17.2 Å². The number of pyridine rings is 1. The molecule has 22 heavy (non-hydrogen) atoms. The van der Waals surface area contributed by atoms with Gasteiger partial charge in [0.2, 0.25) is 0 Å². The van der Waals surface area contributed by atoms with Gasteiger partial charge < -0.3 is 0 Å². The van der Waals surface area contributed by atoms with Gasteiger partial charge in [0.05, 0.1) is 0 Å². The van der Waals surface area contributed by atoms with E-state index in [1.54, 1.807) is 0 Å². The van der Waals surface area contributed by atoms with Gasteiger partial charge in [0.15, 0.2) is 0 Å². The van der Waals surface area contributed by atoms with Gasteiger partial charge in [0.25, 0.3) is 0 Å². The van der Waals surface area contributed by atoms with Crippen molar-refractivity contribution in [2.75, 3.05) is 0 Å². The first kappa shape index (κ1) is 15.2. The summed E-state index contributed by atoms with van der Waals surface area (Å²) in [5.41, 5.74) is 2.37. The molecular formula is C19H22N2S. The molecule has 3 rings (SSSR count). The van der Waals surface area contributed by atoms with E-state index >= 15 is 0 Å². The molecule has 2 heterocycles. The van der Waals surface area contributed by atoms with Crippen LogP contribution in [0.5, 0.6) is 0 Å². The first-order chi connectivity index (χ1) is 10.8. The van der Waals surface area contributed by atoms with Crippen LogP contribution >= 0.6 is 11.3 Å². The van der Waals surface area contributed by atoms with E-state index in [0.717, 1.165) is 21.2 Å². The third-order valence-corrected chi connectivity index (χ3v) is 5.79. The van der Waals surface area contributed by atoms with E-state index in [1.807, 2.05) is 18.3 Å². The smallest absolute Gasteiger partial charge is 0.110 e. The van der Waals surface area contributed by atoms with Crippen LogP contribution in [0.2, 0.25) is 0 Å². The summed E-state index contributed by atoms with van der Waals surface area (Å²) in [5.74, 6) is 1.58. The Morgan fingerprint density at radius 1 is 1.18 bits per heavy atom. The third-order valence-electron chi connectivity index (χ3n) is 4.75. The Kier molecular flexibility index (Phi) is 4.90. The normalized spacial score (nSPS) is 21.5. The summed E-state index contributed by atoms with van der Waals surface area (Å²) in [5, 5.41) is 8.92. The van der Waals surface area contributed by atoms with Crippen LogP contribution in [0.25, 0.3) is 10.4 Å². The quantitative estimate of drug-likeness (QED) is 0.720. The molecule has 0 N–H and O–H groups in total. The lowest BCUT2D eigenvalue weighted by molar-refractivity contribution is 0.305. The largest absolute Gasteiger partial charge is 0.260 e. The van der Waals surface area contributed by atoms with E-state index < -0.39 is 0 Å². The number of aromatic nitrogens is 1. The Morgan fingerprint density at radius 3 is 2.59 bits per heavy atom. The second-order valence-corrected chi connectivity index (χ2v) is 7.34. The van der Waals surface area contributed by atoms with Crippen molar-refractivity contribution in [3.05, 3.63) is 41.0 Å². The molecule has 2 nitrogen and oxygen atoms in total.